The number of fused-ring (bicyclic) bond motifs is 1. The molecule has 0 aliphatic rings. The van der Waals surface area contributed by atoms with E-state index in [4.69, 9.17) is 16.3 Å². The van der Waals surface area contributed by atoms with Gasteiger partial charge in [0, 0.05) is 29.9 Å². The Morgan fingerprint density at radius 1 is 1.29 bits per heavy atom. The smallest absolute Gasteiger partial charge is 0.252 e. The van der Waals surface area contributed by atoms with E-state index in [1.807, 2.05) is 13.0 Å². The van der Waals surface area contributed by atoms with E-state index in [1.54, 1.807) is 36.1 Å². The van der Waals surface area contributed by atoms with Crippen molar-refractivity contribution in [3.63, 3.8) is 0 Å². The van der Waals surface area contributed by atoms with Crippen LogP contribution in [0.4, 0.5) is 11.6 Å². The van der Waals surface area contributed by atoms with Gasteiger partial charge in [0.25, 0.3) is 5.56 Å². The molecule has 1 aromatic carbocycles. The van der Waals surface area contributed by atoms with Crippen LogP contribution in [0.3, 0.4) is 0 Å². The van der Waals surface area contributed by atoms with Crippen LogP contribution in [-0.2, 0) is 6.54 Å². The summed E-state index contributed by atoms with van der Waals surface area (Å²) >= 11 is 6.13. The first kappa shape index (κ1) is 16.3. The number of benzene rings is 1. The standard InChI is InChI=1S/C17H17ClN4O2/c1-3-8-22-15(23)7-4-11-10-19-17(21-16(11)22)20-12-5-6-14(24-2)13(18)9-12/h4-7,9-10H,3,8H2,1-2H3,(H,19,20,21). The Hall–Kier alpha value is -2.60. The number of pyridine rings is 1. The summed E-state index contributed by atoms with van der Waals surface area (Å²) in [5.74, 6) is 0.998. The lowest BCUT2D eigenvalue weighted by Gasteiger charge is -2.11. The number of ether oxygens (including phenoxy) is 1. The van der Waals surface area contributed by atoms with Gasteiger partial charge in [-0.25, -0.2) is 4.98 Å². The maximum Gasteiger partial charge on any atom is 0.252 e. The molecule has 6 nitrogen and oxygen atoms in total. The molecule has 0 fully saturated rings. The topological polar surface area (TPSA) is 69.0 Å². The molecule has 0 radical (unpaired) electrons. The van der Waals surface area contributed by atoms with E-state index in [0.29, 0.717) is 28.9 Å². The average molecular weight is 345 g/mol. The first-order chi connectivity index (χ1) is 11.6. The first-order valence-electron chi connectivity index (χ1n) is 7.59. The predicted octanol–water partition coefficient (Wildman–Crippen LogP) is 3.61. The minimum Gasteiger partial charge on any atom is -0.495 e. The van der Waals surface area contributed by atoms with Gasteiger partial charge in [0.1, 0.15) is 11.4 Å². The zero-order valence-corrected chi connectivity index (χ0v) is 14.2. The summed E-state index contributed by atoms with van der Waals surface area (Å²) in [7, 11) is 1.56. The van der Waals surface area contributed by atoms with Gasteiger partial charge in [-0.3, -0.25) is 9.36 Å². The van der Waals surface area contributed by atoms with Gasteiger partial charge in [-0.2, -0.15) is 4.98 Å². The second kappa shape index (κ2) is 6.88. The molecule has 0 bridgehead atoms. The van der Waals surface area contributed by atoms with Crippen molar-refractivity contribution in [3.8, 4) is 5.75 Å². The Morgan fingerprint density at radius 3 is 2.83 bits per heavy atom. The number of anilines is 2. The maximum atomic E-state index is 12.1. The van der Waals surface area contributed by atoms with Crippen molar-refractivity contribution in [2.24, 2.45) is 0 Å². The molecule has 24 heavy (non-hydrogen) atoms. The van der Waals surface area contributed by atoms with E-state index in [2.05, 4.69) is 15.3 Å². The molecule has 2 aromatic heterocycles. The van der Waals surface area contributed by atoms with Crippen molar-refractivity contribution < 1.29 is 4.74 Å². The lowest BCUT2D eigenvalue weighted by molar-refractivity contribution is 0.415. The van der Waals surface area contributed by atoms with Crippen LogP contribution in [0.5, 0.6) is 5.75 Å². The SMILES string of the molecule is CCCn1c(=O)ccc2cnc(Nc3ccc(OC)c(Cl)c3)nc21. The third-order valence-corrected chi connectivity index (χ3v) is 3.87. The van der Waals surface area contributed by atoms with Crippen LogP contribution in [0.25, 0.3) is 11.0 Å². The monoisotopic (exact) mass is 344 g/mol. The molecule has 0 aliphatic carbocycles. The van der Waals surface area contributed by atoms with Crippen molar-refractivity contribution in [2.75, 3.05) is 12.4 Å². The molecule has 7 heteroatoms. The van der Waals surface area contributed by atoms with Gasteiger partial charge >= 0.3 is 0 Å². The summed E-state index contributed by atoms with van der Waals surface area (Å²) in [6.45, 7) is 2.63. The molecule has 124 valence electrons. The predicted molar refractivity (Wildman–Crippen MR) is 95.4 cm³/mol. The fourth-order valence-electron chi connectivity index (χ4n) is 2.44. The number of aryl methyl sites for hydroxylation is 1. The highest BCUT2D eigenvalue weighted by atomic mass is 35.5. The number of hydrogen-bond acceptors (Lipinski definition) is 5. The molecule has 1 N–H and O–H groups in total. The highest BCUT2D eigenvalue weighted by Crippen LogP contribution is 2.28. The van der Waals surface area contributed by atoms with Crippen LogP contribution < -0.4 is 15.6 Å². The van der Waals surface area contributed by atoms with Crippen molar-refractivity contribution in [1.29, 1.82) is 0 Å². The maximum absolute atomic E-state index is 12.1. The summed E-state index contributed by atoms with van der Waals surface area (Å²) < 4.78 is 6.79. The largest absolute Gasteiger partial charge is 0.495 e. The number of aromatic nitrogens is 3. The summed E-state index contributed by atoms with van der Waals surface area (Å²) in [6, 6.07) is 8.59. The molecule has 0 spiro atoms. The van der Waals surface area contributed by atoms with Crippen LogP contribution in [0, 0.1) is 0 Å². The van der Waals surface area contributed by atoms with Gasteiger partial charge in [-0.05, 0) is 30.7 Å². The van der Waals surface area contributed by atoms with Crippen LogP contribution >= 0.6 is 11.6 Å². The molecular weight excluding hydrogens is 328 g/mol. The average Bonchev–Trinajstić information content (AvgIpc) is 2.58. The molecule has 0 saturated heterocycles. The third-order valence-electron chi connectivity index (χ3n) is 3.58. The van der Waals surface area contributed by atoms with Gasteiger partial charge < -0.3 is 10.1 Å². The van der Waals surface area contributed by atoms with Crippen LogP contribution in [0.1, 0.15) is 13.3 Å². The summed E-state index contributed by atoms with van der Waals surface area (Å²) in [6.07, 6.45) is 2.54. The van der Waals surface area contributed by atoms with E-state index >= 15 is 0 Å². The molecule has 3 aromatic rings. The fourth-order valence-corrected chi connectivity index (χ4v) is 2.70. The molecule has 2 heterocycles. The molecule has 0 aliphatic heterocycles. The number of halogens is 1. The Morgan fingerprint density at radius 2 is 2.12 bits per heavy atom. The highest BCUT2D eigenvalue weighted by Gasteiger charge is 2.08. The number of methoxy groups -OCH3 is 1. The zero-order chi connectivity index (χ0) is 17.1. The van der Waals surface area contributed by atoms with Gasteiger partial charge in [0.05, 0.1) is 12.1 Å². The molecule has 0 atom stereocenters. The van der Waals surface area contributed by atoms with E-state index in [-0.39, 0.29) is 5.56 Å². The van der Waals surface area contributed by atoms with Gasteiger partial charge in [-0.15, -0.1) is 0 Å². The van der Waals surface area contributed by atoms with Gasteiger partial charge in [-0.1, -0.05) is 18.5 Å². The Labute approximate surface area is 144 Å². The lowest BCUT2D eigenvalue weighted by atomic mass is 10.3. The second-order valence-electron chi connectivity index (χ2n) is 5.27. The summed E-state index contributed by atoms with van der Waals surface area (Å²) in [5.41, 5.74) is 1.28. The van der Waals surface area contributed by atoms with Crippen molar-refractivity contribution in [3.05, 3.63) is 51.9 Å². The van der Waals surface area contributed by atoms with E-state index in [1.165, 1.54) is 6.07 Å². The van der Waals surface area contributed by atoms with Crippen LogP contribution in [0.2, 0.25) is 5.02 Å². The van der Waals surface area contributed by atoms with Crippen LogP contribution in [0.15, 0.2) is 41.3 Å². The van der Waals surface area contributed by atoms with Gasteiger partial charge in [0.2, 0.25) is 5.95 Å². The summed E-state index contributed by atoms with van der Waals surface area (Å²) in [5, 5.41) is 4.41. The highest BCUT2D eigenvalue weighted by molar-refractivity contribution is 6.32. The number of rotatable bonds is 5. The number of hydrogen-bond donors (Lipinski definition) is 1. The minimum absolute atomic E-state index is 0.0681. The fraction of sp³-hybridized carbons (Fsp3) is 0.235. The number of nitrogens with one attached hydrogen (secondary N) is 1. The van der Waals surface area contributed by atoms with Crippen molar-refractivity contribution in [1.82, 2.24) is 14.5 Å². The van der Waals surface area contributed by atoms with Crippen LogP contribution in [-0.4, -0.2) is 21.6 Å². The molecule has 3 rings (SSSR count). The van der Waals surface area contributed by atoms with E-state index in [9.17, 15) is 4.79 Å². The minimum atomic E-state index is -0.0681. The quantitative estimate of drug-likeness (QED) is 0.765. The zero-order valence-electron chi connectivity index (χ0n) is 13.4. The lowest BCUT2D eigenvalue weighted by Crippen LogP contribution is -2.20. The van der Waals surface area contributed by atoms with Crippen molar-refractivity contribution in [2.45, 2.75) is 19.9 Å². The third kappa shape index (κ3) is 3.19. The molecule has 0 unspecified atom stereocenters. The molecular formula is C17H17ClN4O2. The number of nitrogens with zero attached hydrogens (tertiary/aromatic N) is 3. The molecule has 0 saturated carbocycles. The Balaban J connectivity index is 1.99. The summed E-state index contributed by atoms with van der Waals surface area (Å²) in [4.78, 5) is 20.8. The van der Waals surface area contributed by atoms with E-state index in [0.717, 1.165) is 17.5 Å². The Bertz CT molecular complexity index is 940. The van der Waals surface area contributed by atoms with Crippen molar-refractivity contribution >= 4 is 34.3 Å². The molecule has 0 amide bonds. The first-order valence-corrected chi connectivity index (χ1v) is 7.97. The second-order valence-corrected chi connectivity index (χ2v) is 5.68. The normalized spacial score (nSPS) is 10.8. The van der Waals surface area contributed by atoms with Gasteiger partial charge in [0.15, 0.2) is 0 Å². The van der Waals surface area contributed by atoms with E-state index < -0.39 is 0 Å². The Kier molecular flexibility index (Phi) is 4.66.